The normalized spacial score (nSPS) is 12.0. The van der Waals surface area contributed by atoms with Crippen LogP contribution in [0.5, 0.6) is 17.2 Å². The van der Waals surface area contributed by atoms with Crippen LogP contribution in [0.3, 0.4) is 0 Å². The number of aliphatic carboxylic acids is 1. The van der Waals surface area contributed by atoms with Crippen molar-refractivity contribution in [3.05, 3.63) is 89.5 Å². The molecule has 6 heteroatoms. The van der Waals surface area contributed by atoms with Crippen molar-refractivity contribution >= 4 is 11.8 Å². The summed E-state index contributed by atoms with van der Waals surface area (Å²) < 4.78 is 17.4. The predicted octanol–water partition coefficient (Wildman–Crippen LogP) is 5.82. The van der Waals surface area contributed by atoms with Gasteiger partial charge in [0.1, 0.15) is 17.2 Å². The molecule has 0 saturated heterocycles. The molecule has 0 aliphatic heterocycles. The minimum Gasteiger partial charge on any atom is -0.493 e. The van der Waals surface area contributed by atoms with Crippen LogP contribution < -0.4 is 14.2 Å². The first-order valence-corrected chi connectivity index (χ1v) is 11.7. The maximum Gasteiger partial charge on any atom is 0.347 e. The average molecular weight is 477 g/mol. The molecule has 0 heterocycles. The zero-order valence-corrected chi connectivity index (χ0v) is 20.6. The highest BCUT2D eigenvalue weighted by Gasteiger charge is 2.29. The first-order valence-electron chi connectivity index (χ1n) is 11.7. The number of carboxylic acid groups (broad SMARTS) is 1. The Balaban J connectivity index is 1.58. The molecule has 0 saturated carbocycles. The highest BCUT2D eigenvalue weighted by molar-refractivity contribution is 6.10. The zero-order valence-electron chi connectivity index (χ0n) is 20.6. The van der Waals surface area contributed by atoms with E-state index >= 15 is 0 Å². The fourth-order valence-electron chi connectivity index (χ4n) is 3.31. The Morgan fingerprint density at radius 2 is 1.51 bits per heavy atom. The largest absolute Gasteiger partial charge is 0.493 e. The molecular formula is C29H32O6. The van der Waals surface area contributed by atoms with Crippen LogP contribution in [-0.4, -0.2) is 35.7 Å². The maximum atomic E-state index is 13.1. The minimum atomic E-state index is -1.32. The van der Waals surface area contributed by atoms with Crippen LogP contribution in [0.2, 0.25) is 0 Å². The van der Waals surface area contributed by atoms with Crippen molar-refractivity contribution in [1.29, 1.82) is 0 Å². The van der Waals surface area contributed by atoms with Gasteiger partial charge in [-0.25, -0.2) is 4.79 Å². The molecule has 184 valence electrons. The second kappa shape index (κ2) is 11.6. The van der Waals surface area contributed by atoms with E-state index in [4.69, 9.17) is 14.2 Å². The number of benzene rings is 3. The quantitative estimate of drug-likeness (QED) is 0.332. The van der Waals surface area contributed by atoms with Gasteiger partial charge in [0.15, 0.2) is 11.4 Å². The topological polar surface area (TPSA) is 82.1 Å². The van der Waals surface area contributed by atoms with Gasteiger partial charge in [0.25, 0.3) is 0 Å². The van der Waals surface area contributed by atoms with Gasteiger partial charge in [-0.2, -0.15) is 0 Å². The van der Waals surface area contributed by atoms with E-state index < -0.39 is 11.6 Å². The molecular weight excluding hydrogens is 444 g/mol. The molecule has 0 spiro atoms. The first kappa shape index (κ1) is 25.8. The molecule has 0 radical (unpaired) electrons. The van der Waals surface area contributed by atoms with E-state index in [1.54, 1.807) is 36.4 Å². The monoisotopic (exact) mass is 476 g/mol. The Bertz CT molecular complexity index is 1140. The van der Waals surface area contributed by atoms with Gasteiger partial charge in [-0.1, -0.05) is 50.2 Å². The fraction of sp³-hybridized carbons (Fsp3) is 0.310. The molecule has 1 unspecified atom stereocenters. The molecule has 1 N–H and O–H groups in total. The van der Waals surface area contributed by atoms with Crippen LogP contribution in [0.25, 0.3) is 0 Å². The first-order chi connectivity index (χ1) is 16.7. The summed E-state index contributed by atoms with van der Waals surface area (Å²) in [6.07, 6.45) is 0.831. The van der Waals surface area contributed by atoms with Crippen LogP contribution in [-0.2, 0) is 11.2 Å². The summed E-state index contributed by atoms with van der Waals surface area (Å²) in [5.74, 6) is 0.613. The number of rotatable bonds is 12. The number of hydrogen-bond acceptors (Lipinski definition) is 5. The molecule has 3 aromatic carbocycles. The Morgan fingerprint density at radius 1 is 0.886 bits per heavy atom. The third-order valence-corrected chi connectivity index (χ3v) is 5.50. The van der Waals surface area contributed by atoms with Gasteiger partial charge in [-0.05, 0) is 62.2 Å². The highest BCUT2D eigenvalue weighted by atomic mass is 16.5. The van der Waals surface area contributed by atoms with E-state index in [0.29, 0.717) is 41.6 Å². The van der Waals surface area contributed by atoms with Crippen LogP contribution in [0.15, 0.2) is 72.8 Å². The number of hydrogen-bond donors (Lipinski definition) is 1. The van der Waals surface area contributed by atoms with Crippen molar-refractivity contribution < 1.29 is 28.9 Å². The van der Waals surface area contributed by atoms with E-state index in [0.717, 1.165) is 12.0 Å². The van der Waals surface area contributed by atoms with Gasteiger partial charge in [0.2, 0.25) is 0 Å². The van der Waals surface area contributed by atoms with Crippen molar-refractivity contribution in [2.75, 3.05) is 13.2 Å². The second-order valence-electron chi connectivity index (χ2n) is 9.00. The number of ether oxygens (including phenoxy) is 3. The zero-order chi connectivity index (χ0) is 25.4. The number of carbonyl (C=O) groups excluding carboxylic acids is 1. The van der Waals surface area contributed by atoms with Crippen molar-refractivity contribution in [2.45, 2.75) is 39.7 Å². The number of aryl methyl sites for hydroxylation is 1. The lowest BCUT2D eigenvalue weighted by molar-refractivity contribution is -0.152. The average Bonchev–Trinajstić information content (AvgIpc) is 2.86. The Hall–Kier alpha value is -3.80. The van der Waals surface area contributed by atoms with Crippen LogP contribution in [0.1, 0.15) is 49.2 Å². The third kappa shape index (κ3) is 7.09. The second-order valence-corrected chi connectivity index (χ2v) is 9.00. The van der Waals surface area contributed by atoms with Gasteiger partial charge in [0.05, 0.1) is 18.8 Å². The Labute approximate surface area is 206 Å². The lowest BCUT2D eigenvalue weighted by Gasteiger charge is -2.21. The maximum absolute atomic E-state index is 13.1. The molecule has 3 aromatic rings. The summed E-state index contributed by atoms with van der Waals surface area (Å²) in [4.78, 5) is 24.3. The van der Waals surface area contributed by atoms with Crippen LogP contribution in [0, 0.1) is 5.92 Å². The predicted molar refractivity (Wildman–Crippen MR) is 135 cm³/mol. The lowest BCUT2D eigenvalue weighted by Crippen LogP contribution is -2.37. The summed E-state index contributed by atoms with van der Waals surface area (Å²) >= 11 is 0. The third-order valence-electron chi connectivity index (χ3n) is 5.50. The summed E-state index contributed by atoms with van der Waals surface area (Å²) in [6.45, 7) is 7.85. The highest BCUT2D eigenvalue weighted by Crippen LogP contribution is 2.25. The molecule has 3 rings (SSSR count). The van der Waals surface area contributed by atoms with E-state index in [-0.39, 0.29) is 11.7 Å². The van der Waals surface area contributed by atoms with Gasteiger partial charge in [0, 0.05) is 11.5 Å². The van der Waals surface area contributed by atoms with Crippen LogP contribution in [0.4, 0.5) is 0 Å². The molecule has 0 amide bonds. The van der Waals surface area contributed by atoms with E-state index in [1.165, 1.54) is 13.8 Å². The van der Waals surface area contributed by atoms with E-state index in [9.17, 15) is 14.7 Å². The Kier molecular flexibility index (Phi) is 8.53. The summed E-state index contributed by atoms with van der Waals surface area (Å²) in [6, 6.07) is 21.8. The fourth-order valence-corrected chi connectivity index (χ4v) is 3.31. The smallest absolute Gasteiger partial charge is 0.347 e. The van der Waals surface area contributed by atoms with Crippen molar-refractivity contribution in [3.63, 3.8) is 0 Å². The van der Waals surface area contributed by atoms with Gasteiger partial charge in [-0.15, -0.1) is 0 Å². The SMILES string of the molecule is CCc1ccc(OCC(C)COc2ccc(OC(C)(C)C(=O)O)cc2)c(C(=O)c2ccccc2)c1. The summed E-state index contributed by atoms with van der Waals surface area (Å²) in [7, 11) is 0. The van der Waals surface area contributed by atoms with Crippen molar-refractivity contribution in [2.24, 2.45) is 5.92 Å². The summed E-state index contributed by atoms with van der Waals surface area (Å²) in [5.41, 5.74) is 0.946. The van der Waals surface area contributed by atoms with E-state index in [2.05, 4.69) is 6.92 Å². The molecule has 0 bridgehead atoms. The number of ketones is 1. The number of carbonyl (C=O) groups is 2. The molecule has 1 atom stereocenters. The molecule has 0 aromatic heterocycles. The molecule has 0 aliphatic carbocycles. The van der Waals surface area contributed by atoms with Gasteiger partial charge < -0.3 is 19.3 Å². The molecule has 0 aliphatic rings. The van der Waals surface area contributed by atoms with Gasteiger partial charge in [-0.3, -0.25) is 4.79 Å². The molecule has 35 heavy (non-hydrogen) atoms. The van der Waals surface area contributed by atoms with E-state index in [1.807, 2.05) is 43.3 Å². The van der Waals surface area contributed by atoms with Crippen LogP contribution >= 0.6 is 0 Å². The standard InChI is InChI=1S/C29H32O6/c1-5-21-11-16-26(25(17-21)27(30)22-9-7-6-8-10-22)34-19-20(2)18-33-23-12-14-24(15-13-23)35-29(3,4)28(31)32/h6-17,20H,5,18-19H2,1-4H3,(H,31,32). The van der Waals surface area contributed by atoms with Crippen molar-refractivity contribution in [3.8, 4) is 17.2 Å². The molecule has 6 nitrogen and oxygen atoms in total. The Morgan fingerprint density at radius 3 is 2.14 bits per heavy atom. The molecule has 0 fully saturated rings. The summed E-state index contributed by atoms with van der Waals surface area (Å²) in [5, 5.41) is 9.19. The minimum absolute atomic E-state index is 0.0578. The lowest BCUT2D eigenvalue weighted by atomic mass is 9.99. The van der Waals surface area contributed by atoms with Gasteiger partial charge >= 0.3 is 5.97 Å². The van der Waals surface area contributed by atoms with Crippen molar-refractivity contribution in [1.82, 2.24) is 0 Å². The number of carboxylic acids is 1.